The number of hydrogen-bond acceptors (Lipinski definition) is 2. The minimum Gasteiger partial charge on any atom is -0.483 e. The van der Waals surface area contributed by atoms with Crippen LogP contribution in [0.4, 0.5) is 0 Å². The molecule has 0 aliphatic heterocycles. The van der Waals surface area contributed by atoms with Crippen molar-refractivity contribution in [2.45, 2.75) is 84.5 Å². The molecule has 0 atom stereocenters. The molecule has 0 rings (SSSR count). The summed E-state index contributed by atoms with van der Waals surface area (Å²) in [5.74, 6) is 0.669. The topological polar surface area (TPSA) is 35.2 Å². The highest BCUT2D eigenvalue weighted by atomic mass is 16.5. The van der Waals surface area contributed by atoms with E-state index in [9.17, 15) is 0 Å². The second-order valence-electron chi connectivity index (χ2n) is 5.15. The molecular weight excluding hydrogens is 222 g/mol. The van der Waals surface area contributed by atoms with Crippen LogP contribution in [0, 0.1) is 0 Å². The highest BCUT2D eigenvalue weighted by Crippen LogP contribution is 2.19. The first kappa shape index (κ1) is 17.3. The maximum Gasteiger partial charge on any atom is 0.182 e. The van der Waals surface area contributed by atoms with Gasteiger partial charge in [-0.25, -0.2) is 0 Å². The average Bonchev–Trinajstić information content (AvgIpc) is 2.40. The van der Waals surface area contributed by atoms with E-state index in [1.54, 1.807) is 7.11 Å². The van der Waals surface area contributed by atoms with Gasteiger partial charge in [-0.15, -0.1) is 0 Å². The number of rotatable bonds is 12. The second kappa shape index (κ2) is 12.8. The third-order valence-corrected chi connectivity index (χ3v) is 3.48. The minimum atomic E-state index is 0.669. The quantitative estimate of drug-likeness (QED) is 0.387. The first-order valence-corrected chi connectivity index (χ1v) is 7.77. The molecule has 2 heteroatoms. The Bertz CT molecular complexity index is 211. The summed E-state index contributed by atoms with van der Waals surface area (Å²) in [6.45, 7) is 4.50. The zero-order valence-corrected chi connectivity index (χ0v) is 12.8. The van der Waals surface area contributed by atoms with Crippen molar-refractivity contribution in [1.82, 2.24) is 0 Å². The van der Waals surface area contributed by atoms with Gasteiger partial charge >= 0.3 is 0 Å². The van der Waals surface area contributed by atoms with Crippen LogP contribution < -0.4 is 5.73 Å². The van der Waals surface area contributed by atoms with Crippen molar-refractivity contribution < 1.29 is 4.74 Å². The molecule has 2 N–H and O–H groups in total. The zero-order valence-electron chi connectivity index (χ0n) is 12.8. The van der Waals surface area contributed by atoms with Gasteiger partial charge in [0, 0.05) is 0 Å². The first-order chi connectivity index (χ1) is 8.76. The van der Waals surface area contributed by atoms with E-state index in [2.05, 4.69) is 13.8 Å². The van der Waals surface area contributed by atoms with Gasteiger partial charge in [0.25, 0.3) is 0 Å². The molecular formula is C16H33NO. The number of methoxy groups -OCH3 is 1. The van der Waals surface area contributed by atoms with Crippen LogP contribution in [0.3, 0.4) is 0 Å². The summed E-state index contributed by atoms with van der Waals surface area (Å²) in [4.78, 5) is 0. The minimum absolute atomic E-state index is 0.669. The molecule has 0 saturated heterocycles. The Balaban J connectivity index is 3.86. The summed E-state index contributed by atoms with van der Waals surface area (Å²) in [6, 6.07) is 0. The van der Waals surface area contributed by atoms with E-state index in [1.165, 1.54) is 63.4 Å². The smallest absolute Gasteiger partial charge is 0.182 e. The van der Waals surface area contributed by atoms with Crippen molar-refractivity contribution in [1.29, 1.82) is 0 Å². The predicted octanol–water partition coefficient (Wildman–Crippen LogP) is 5.13. The molecule has 0 unspecified atom stereocenters. The lowest BCUT2D eigenvalue weighted by molar-refractivity contribution is 0.278. The molecule has 0 aromatic heterocycles. The molecule has 0 aliphatic rings. The van der Waals surface area contributed by atoms with Gasteiger partial charge in [-0.2, -0.15) is 0 Å². The molecule has 0 heterocycles. The summed E-state index contributed by atoms with van der Waals surface area (Å²) in [5.41, 5.74) is 7.27. The van der Waals surface area contributed by atoms with E-state index in [4.69, 9.17) is 10.5 Å². The Labute approximate surface area is 114 Å². The number of unbranched alkanes of at least 4 members (excludes halogenated alkanes) is 7. The van der Waals surface area contributed by atoms with Crippen molar-refractivity contribution in [2.75, 3.05) is 7.11 Å². The van der Waals surface area contributed by atoms with Crippen LogP contribution in [-0.2, 0) is 4.74 Å². The molecule has 0 aromatic rings. The first-order valence-electron chi connectivity index (χ1n) is 7.77. The zero-order chi connectivity index (χ0) is 13.6. The largest absolute Gasteiger partial charge is 0.483 e. The number of allylic oxidation sites excluding steroid dienone is 1. The summed E-state index contributed by atoms with van der Waals surface area (Å²) < 4.78 is 5.20. The van der Waals surface area contributed by atoms with Gasteiger partial charge in [-0.05, 0) is 31.3 Å². The molecule has 0 aromatic carbocycles. The lowest BCUT2D eigenvalue weighted by Gasteiger charge is -2.11. The van der Waals surface area contributed by atoms with Crippen molar-refractivity contribution >= 4 is 0 Å². The Morgan fingerprint density at radius 2 is 1.22 bits per heavy atom. The monoisotopic (exact) mass is 255 g/mol. The molecule has 0 bridgehead atoms. The van der Waals surface area contributed by atoms with Gasteiger partial charge in [-0.1, -0.05) is 58.8 Å². The third-order valence-electron chi connectivity index (χ3n) is 3.48. The lowest BCUT2D eigenvalue weighted by atomic mass is 10.0. The highest BCUT2D eigenvalue weighted by molar-refractivity contribution is 5.05. The SMILES string of the molecule is CCCCCCC/C(CCCCCC)=C(\N)OC. The molecule has 0 amide bonds. The Morgan fingerprint density at radius 3 is 1.67 bits per heavy atom. The van der Waals surface area contributed by atoms with Crippen LogP contribution in [0.25, 0.3) is 0 Å². The Kier molecular flexibility index (Phi) is 12.3. The van der Waals surface area contributed by atoms with Gasteiger partial charge in [0.2, 0.25) is 0 Å². The fraction of sp³-hybridized carbons (Fsp3) is 0.875. The molecule has 0 aliphatic carbocycles. The summed E-state index contributed by atoms with van der Waals surface area (Å²) in [7, 11) is 1.68. The predicted molar refractivity (Wildman–Crippen MR) is 80.4 cm³/mol. The van der Waals surface area contributed by atoms with Crippen LogP contribution >= 0.6 is 0 Å². The van der Waals surface area contributed by atoms with E-state index in [1.807, 2.05) is 0 Å². The van der Waals surface area contributed by atoms with Gasteiger partial charge in [0.15, 0.2) is 5.88 Å². The van der Waals surface area contributed by atoms with Gasteiger partial charge in [0.1, 0.15) is 0 Å². The third kappa shape index (κ3) is 9.38. The second-order valence-corrected chi connectivity index (χ2v) is 5.15. The number of ether oxygens (including phenoxy) is 1. The van der Waals surface area contributed by atoms with Crippen molar-refractivity contribution in [3.05, 3.63) is 11.5 Å². The molecule has 18 heavy (non-hydrogen) atoms. The fourth-order valence-electron chi connectivity index (χ4n) is 2.22. The van der Waals surface area contributed by atoms with Crippen molar-refractivity contribution in [2.24, 2.45) is 5.73 Å². The normalized spacial score (nSPS) is 12.4. The molecule has 0 radical (unpaired) electrons. The van der Waals surface area contributed by atoms with Crippen LogP contribution in [0.1, 0.15) is 84.5 Å². The van der Waals surface area contributed by atoms with Gasteiger partial charge in [-0.3, -0.25) is 0 Å². The summed E-state index contributed by atoms with van der Waals surface area (Å²) in [6.07, 6.45) is 14.0. The molecule has 0 saturated carbocycles. The number of hydrogen-bond donors (Lipinski definition) is 1. The van der Waals surface area contributed by atoms with E-state index >= 15 is 0 Å². The fourth-order valence-corrected chi connectivity index (χ4v) is 2.22. The Hall–Kier alpha value is -0.660. The van der Waals surface area contributed by atoms with Crippen molar-refractivity contribution in [3.63, 3.8) is 0 Å². The van der Waals surface area contributed by atoms with E-state index < -0.39 is 0 Å². The van der Waals surface area contributed by atoms with Crippen LogP contribution in [0.5, 0.6) is 0 Å². The maximum absolute atomic E-state index is 5.93. The standard InChI is InChI=1S/C16H33NO/c1-4-6-8-10-12-14-15(16(17)18-3)13-11-9-7-5-2/h4-14,17H2,1-3H3/b16-15+. The summed E-state index contributed by atoms with van der Waals surface area (Å²) >= 11 is 0. The Morgan fingerprint density at radius 1 is 0.778 bits per heavy atom. The summed E-state index contributed by atoms with van der Waals surface area (Å²) in [5, 5.41) is 0. The number of nitrogens with two attached hydrogens (primary N) is 1. The maximum atomic E-state index is 5.93. The van der Waals surface area contributed by atoms with Gasteiger partial charge < -0.3 is 10.5 Å². The van der Waals surface area contributed by atoms with Crippen LogP contribution in [0.2, 0.25) is 0 Å². The molecule has 108 valence electrons. The van der Waals surface area contributed by atoms with E-state index in [0.29, 0.717) is 5.88 Å². The molecule has 0 spiro atoms. The highest BCUT2D eigenvalue weighted by Gasteiger charge is 2.04. The molecule has 2 nitrogen and oxygen atoms in total. The van der Waals surface area contributed by atoms with Gasteiger partial charge in [0.05, 0.1) is 7.11 Å². The van der Waals surface area contributed by atoms with E-state index in [-0.39, 0.29) is 0 Å². The average molecular weight is 255 g/mol. The lowest BCUT2D eigenvalue weighted by Crippen LogP contribution is -2.05. The van der Waals surface area contributed by atoms with Crippen molar-refractivity contribution in [3.8, 4) is 0 Å². The van der Waals surface area contributed by atoms with Crippen LogP contribution in [0.15, 0.2) is 11.5 Å². The molecule has 0 fully saturated rings. The van der Waals surface area contributed by atoms with Crippen LogP contribution in [-0.4, -0.2) is 7.11 Å². The van der Waals surface area contributed by atoms with E-state index in [0.717, 1.165) is 12.8 Å².